The van der Waals surface area contributed by atoms with Gasteiger partial charge in [-0.1, -0.05) is 0 Å². The molecule has 1 aliphatic rings. The molecule has 3 heterocycles. The van der Waals surface area contributed by atoms with Crippen molar-refractivity contribution in [2.75, 3.05) is 13.1 Å². The van der Waals surface area contributed by atoms with E-state index in [1.807, 2.05) is 42.9 Å². The highest BCUT2D eigenvalue weighted by molar-refractivity contribution is 5.76. The van der Waals surface area contributed by atoms with Crippen LogP contribution in [0.25, 0.3) is 0 Å². The van der Waals surface area contributed by atoms with Crippen molar-refractivity contribution >= 4 is 5.91 Å². The Bertz CT molecular complexity index is 687. The minimum atomic E-state index is 0.237. The first-order chi connectivity index (χ1) is 11.0. The number of aryl methyl sites for hydroxylation is 3. The van der Waals surface area contributed by atoms with E-state index in [1.54, 1.807) is 0 Å². The van der Waals surface area contributed by atoms with Gasteiger partial charge in [0, 0.05) is 50.1 Å². The van der Waals surface area contributed by atoms with E-state index in [0.29, 0.717) is 12.3 Å². The van der Waals surface area contributed by atoms with Gasteiger partial charge in [0.25, 0.3) is 0 Å². The second kappa shape index (κ2) is 6.56. The number of carbonyl (C=O) groups excluding carboxylic acids is 1. The largest absolute Gasteiger partial charge is 0.346 e. The molecule has 1 saturated heterocycles. The zero-order valence-electron chi connectivity index (χ0n) is 14.2. The van der Waals surface area contributed by atoms with Crippen molar-refractivity contribution < 1.29 is 4.79 Å². The van der Waals surface area contributed by atoms with Gasteiger partial charge in [0.15, 0.2) is 0 Å². The number of amides is 1. The van der Waals surface area contributed by atoms with Gasteiger partial charge in [-0.05, 0) is 38.7 Å². The quantitative estimate of drug-likeness (QED) is 0.939. The smallest absolute Gasteiger partial charge is 0.222 e. The fraction of sp³-hybridized carbons (Fsp3) is 0.588. The number of imidazole rings is 1. The molecular formula is C17H25N5O. The second-order valence-electron chi connectivity index (χ2n) is 6.51. The number of aromatic nitrogens is 4. The average molecular weight is 315 g/mol. The van der Waals surface area contributed by atoms with Crippen LogP contribution in [0.3, 0.4) is 0 Å². The lowest BCUT2D eigenvalue weighted by Gasteiger charge is -2.32. The summed E-state index contributed by atoms with van der Waals surface area (Å²) >= 11 is 0. The van der Waals surface area contributed by atoms with E-state index < -0.39 is 0 Å². The lowest BCUT2D eigenvalue weighted by Crippen LogP contribution is -2.39. The molecule has 2 aromatic rings. The molecule has 0 aromatic carbocycles. The minimum absolute atomic E-state index is 0.237. The molecule has 2 aromatic heterocycles. The molecule has 0 aliphatic carbocycles. The molecule has 0 saturated carbocycles. The molecule has 3 rings (SSSR count). The van der Waals surface area contributed by atoms with Gasteiger partial charge in [0.1, 0.15) is 5.82 Å². The first-order valence-electron chi connectivity index (χ1n) is 8.31. The zero-order chi connectivity index (χ0) is 16.4. The van der Waals surface area contributed by atoms with E-state index >= 15 is 0 Å². The minimum Gasteiger partial charge on any atom is -0.346 e. The third-order valence-electron chi connectivity index (χ3n) is 4.83. The van der Waals surface area contributed by atoms with E-state index in [9.17, 15) is 4.79 Å². The Kier molecular flexibility index (Phi) is 4.50. The lowest BCUT2D eigenvalue weighted by molar-refractivity contribution is -0.132. The van der Waals surface area contributed by atoms with Crippen LogP contribution in [-0.2, 0) is 18.3 Å². The summed E-state index contributed by atoms with van der Waals surface area (Å²) in [6.45, 7) is 5.69. The molecule has 23 heavy (non-hydrogen) atoms. The molecule has 1 amide bonds. The molecule has 6 nitrogen and oxygen atoms in total. The number of aromatic amines is 1. The maximum absolute atomic E-state index is 12.5. The standard InChI is InChI=1S/C17H25N5O/c1-12-9-18-17(20-12)15-5-4-8-22(11-15)16(23)7-6-14-10-19-21(3)13(14)2/h9-10,15H,4-8,11H2,1-3H3,(H,18,20)/t15-/m0/s1. The van der Waals surface area contributed by atoms with Crippen LogP contribution in [0.1, 0.15) is 48.0 Å². The number of carbonyl (C=O) groups is 1. The third-order valence-corrected chi connectivity index (χ3v) is 4.83. The van der Waals surface area contributed by atoms with Crippen LogP contribution in [0.15, 0.2) is 12.4 Å². The number of piperidine rings is 1. The average Bonchev–Trinajstić information content (AvgIpc) is 3.13. The van der Waals surface area contributed by atoms with Crippen molar-refractivity contribution in [2.45, 2.75) is 45.4 Å². The Morgan fingerprint density at radius 2 is 2.22 bits per heavy atom. The number of likely N-dealkylation sites (tertiary alicyclic amines) is 1. The normalized spacial score (nSPS) is 18.4. The van der Waals surface area contributed by atoms with E-state index in [2.05, 4.69) is 15.1 Å². The van der Waals surface area contributed by atoms with Gasteiger partial charge in [-0.3, -0.25) is 9.48 Å². The first kappa shape index (κ1) is 15.8. The van der Waals surface area contributed by atoms with Crippen LogP contribution in [0.5, 0.6) is 0 Å². The summed E-state index contributed by atoms with van der Waals surface area (Å²) in [6, 6.07) is 0. The van der Waals surface area contributed by atoms with Gasteiger partial charge in [-0.15, -0.1) is 0 Å². The highest BCUT2D eigenvalue weighted by Crippen LogP contribution is 2.25. The highest BCUT2D eigenvalue weighted by Gasteiger charge is 2.26. The van der Waals surface area contributed by atoms with E-state index in [-0.39, 0.29) is 5.91 Å². The molecule has 0 bridgehead atoms. The summed E-state index contributed by atoms with van der Waals surface area (Å²) in [5, 5.41) is 4.24. The van der Waals surface area contributed by atoms with Crippen LogP contribution in [-0.4, -0.2) is 43.6 Å². The van der Waals surface area contributed by atoms with Crippen LogP contribution in [0, 0.1) is 13.8 Å². The van der Waals surface area contributed by atoms with Gasteiger partial charge in [0.2, 0.25) is 5.91 Å². The SMILES string of the molecule is Cc1cnc([C@H]2CCCN(C(=O)CCc3cnn(C)c3C)C2)[nH]1. The van der Waals surface area contributed by atoms with Crippen molar-refractivity contribution in [2.24, 2.45) is 7.05 Å². The van der Waals surface area contributed by atoms with Crippen molar-refractivity contribution in [1.82, 2.24) is 24.6 Å². The van der Waals surface area contributed by atoms with E-state index in [4.69, 9.17) is 0 Å². The maximum Gasteiger partial charge on any atom is 0.222 e. The third kappa shape index (κ3) is 3.46. The Morgan fingerprint density at radius 3 is 2.87 bits per heavy atom. The van der Waals surface area contributed by atoms with Gasteiger partial charge >= 0.3 is 0 Å². The molecule has 0 radical (unpaired) electrons. The molecule has 1 atom stereocenters. The number of hydrogen-bond donors (Lipinski definition) is 1. The van der Waals surface area contributed by atoms with Crippen LogP contribution in [0.4, 0.5) is 0 Å². The van der Waals surface area contributed by atoms with Crippen molar-refractivity contribution in [3.05, 3.63) is 35.2 Å². The summed E-state index contributed by atoms with van der Waals surface area (Å²) in [5.74, 6) is 1.59. The molecule has 124 valence electrons. The molecule has 1 fully saturated rings. The summed E-state index contributed by atoms with van der Waals surface area (Å²) in [5.41, 5.74) is 3.38. The molecule has 1 aliphatic heterocycles. The van der Waals surface area contributed by atoms with Crippen molar-refractivity contribution in [1.29, 1.82) is 0 Å². The Labute approximate surface area is 136 Å². The second-order valence-corrected chi connectivity index (χ2v) is 6.51. The van der Waals surface area contributed by atoms with E-state index in [0.717, 1.165) is 55.1 Å². The predicted octanol–water partition coefficient (Wildman–Crippen LogP) is 2.10. The number of H-pyrrole nitrogens is 1. The predicted molar refractivity (Wildman–Crippen MR) is 88.1 cm³/mol. The van der Waals surface area contributed by atoms with Crippen molar-refractivity contribution in [3.63, 3.8) is 0 Å². The van der Waals surface area contributed by atoms with Gasteiger partial charge in [-0.2, -0.15) is 5.10 Å². The number of nitrogens with one attached hydrogen (secondary N) is 1. The molecule has 0 spiro atoms. The Balaban J connectivity index is 1.57. The first-order valence-corrected chi connectivity index (χ1v) is 8.31. The number of rotatable bonds is 4. The van der Waals surface area contributed by atoms with Crippen LogP contribution >= 0.6 is 0 Å². The topological polar surface area (TPSA) is 66.8 Å². The summed E-state index contributed by atoms with van der Waals surface area (Å²) in [4.78, 5) is 22.3. The fourth-order valence-corrected chi connectivity index (χ4v) is 3.26. The fourth-order valence-electron chi connectivity index (χ4n) is 3.26. The maximum atomic E-state index is 12.5. The van der Waals surface area contributed by atoms with Gasteiger partial charge in [-0.25, -0.2) is 4.98 Å². The zero-order valence-corrected chi connectivity index (χ0v) is 14.2. The summed E-state index contributed by atoms with van der Waals surface area (Å²) < 4.78 is 1.86. The molecular weight excluding hydrogens is 290 g/mol. The summed E-state index contributed by atoms with van der Waals surface area (Å²) in [6.07, 6.45) is 7.19. The Hall–Kier alpha value is -2.11. The van der Waals surface area contributed by atoms with Gasteiger partial charge < -0.3 is 9.88 Å². The highest BCUT2D eigenvalue weighted by atomic mass is 16.2. The molecule has 6 heteroatoms. The molecule has 1 N–H and O–H groups in total. The van der Waals surface area contributed by atoms with Crippen LogP contribution in [0.2, 0.25) is 0 Å². The van der Waals surface area contributed by atoms with Crippen molar-refractivity contribution in [3.8, 4) is 0 Å². The number of nitrogens with zero attached hydrogens (tertiary/aromatic N) is 4. The van der Waals surface area contributed by atoms with E-state index in [1.165, 1.54) is 0 Å². The monoisotopic (exact) mass is 315 g/mol. The Morgan fingerprint density at radius 1 is 1.39 bits per heavy atom. The van der Waals surface area contributed by atoms with Crippen LogP contribution < -0.4 is 0 Å². The summed E-state index contributed by atoms with van der Waals surface area (Å²) in [7, 11) is 1.93. The lowest BCUT2D eigenvalue weighted by atomic mass is 9.97. The molecule has 0 unspecified atom stereocenters. The number of hydrogen-bond acceptors (Lipinski definition) is 3. The van der Waals surface area contributed by atoms with Gasteiger partial charge in [0.05, 0.1) is 6.20 Å².